The highest BCUT2D eigenvalue weighted by Gasteiger charge is 2.46. The molecule has 0 bridgehead atoms. The first-order valence-corrected chi connectivity index (χ1v) is 10.8. The van der Waals surface area contributed by atoms with Crippen molar-refractivity contribution < 1.29 is 23.8 Å². The van der Waals surface area contributed by atoms with E-state index in [2.05, 4.69) is 25.2 Å². The molecule has 2 unspecified atom stereocenters. The molecule has 0 spiro atoms. The van der Waals surface area contributed by atoms with Crippen LogP contribution in [0.25, 0.3) is 0 Å². The summed E-state index contributed by atoms with van der Waals surface area (Å²) in [6, 6.07) is 5.74. The molecule has 1 aliphatic carbocycles. The van der Waals surface area contributed by atoms with E-state index >= 15 is 0 Å². The summed E-state index contributed by atoms with van der Waals surface area (Å²) < 4.78 is 16.5. The van der Waals surface area contributed by atoms with Crippen LogP contribution in [-0.2, 0) is 14.3 Å². The fourth-order valence-electron chi connectivity index (χ4n) is 5.15. The highest BCUT2D eigenvalue weighted by molar-refractivity contribution is 5.99. The molecule has 4 aliphatic rings. The smallest absolute Gasteiger partial charge is 0.252 e. The maximum absolute atomic E-state index is 13.7. The maximum Gasteiger partial charge on any atom is 0.252 e. The zero-order valence-corrected chi connectivity index (χ0v) is 18.2. The van der Waals surface area contributed by atoms with Gasteiger partial charge in [-0.2, -0.15) is 0 Å². The number of fused-ring (bicyclic) bond motifs is 2. The van der Waals surface area contributed by atoms with Crippen molar-refractivity contribution in [2.45, 2.75) is 33.1 Å². The molecule has 164 valence electrons. The van der Waals surface area contributed by atoms with Crippen LogP contribution in [-0.4, -0.2) is 49.7 Å². The fourth-order valence-corrected chi connectivity index (χ4v) is 5.15. The number of hydrogen-bond donors (Lipinski definition) is 1. The minimum absolute atomic E-state index is 0.0346. The molecule has 1 N–H and O–H groups in total. The van der Waals surface area contributed by atoms with Gasteiger partial charge in [0.1, 0.15) is 5.78 Å². The Kier molecular flexibility index (Phi) is 4.81. The molecule has 5 rings (SSSR count). The summed E-state index contributed by atoms with van der Waals surface area (Å²) in [4.78, 5) is 28.9. The monoisotopic (exact) mass is 424 g/mol. The van der Waals surface area contributed by atoms with Gasteiger partial charge in [0, 0.05) is 42.4 Å². The van der Waals surface area contributed by atoms with E-state index in [0.29, 0.717) is 49.8 Å². The predicted molar refractivity (Wildman–Crippen MR) is 114 cm³/mol. The van der Waals surface area contributed by atoms with Crippen LogP contribution in [0.1, 0.15) is 38.7 Å². The van der Waals surface area contributed by atoms with Crippen LogP contribution >= 0.6 is 0 Å². The SMILES string of the molecule is CC1=C(C(=O)N2CCOCC2)C(c2ccc3c(c2)OCO3)C2C(=O)CC(C)(C)C=C2N1. The number of amides is 1. The number of ketones is 1. The largest absolute Gasteiger partial charge is 0.454 e. The summed E-state index contributed by atoms with van der Waals surface area (Å²) in [5.41, 5.74) is 3.01. The van der Waals surface area contributed by atoms with Gasteiger partial charge in [-0.05, 0) is 30.0 Å². The van der Waals surface area contributed by atoms with Crippen molar-refractivity contribution in [3.63, 3.8) is 0 Å². The second-order valence-electron chi connectivity index (χ2n) is 9.37. The topological polar surface area (TPSA) is 77.1 Å². The number of rotatable bonds is 2. The average molecular weight is 424 g/mol. The van der Waals surface area contributed by atoms with Gasteiger partial charge in [0.15, 0.2) is 11.5 Å². The van der Waals surface area contributed by atoms with Gasteiger partial charge in [0.25, 0.3) is 5.91 Å². The molecule has 0 saturated carbocycles. The number of carbonyl (C=O) groups excluding carboxylic acids is 2. The summed E-state index contributed by atoms with van der Waals surface area (Å²) in [5, 5.41) is 3.41. The van der Waals surface area contributed by atoms with Gasteiger partial charge in [-0.15, -0.1) is 0 Å². The van der Waals surface area contributed by atoms with E-state index in [0.717, 1.165) is 17.0 Å². The van der Waals surface area contributed by atoms with Crippen molar-refractivity contribution in [1.29, 1.82) is 0 Å². The molecule has 0 radical (unpaired) electrons. The van der Waals surface area contributed by atoms with E-state index < -0.39 is 5.92 Å². The van der Waals surface area contributed by atoms with Gasteiger partial charge in [-0.3, -0.25) is 9.59 Å². The number of ether oxygens (including phenoxy) is 3. The second kappa shape index (κ2) is 7.41. The van der Waals surface area contributed by atoms with Gasteiger partial charge in [0.2, 0.25) is 6.79 Å². The third-order valence-corrected chi connectivity index (χ3v) is 6.52. The van der Waals surface area contributed by atoms with Crippen molar-refractivity contribution in [3.8, 4) is 11.5 Å². The lowest BCUT2D eigenvalue weighted by atomic mass is 9.66. The Hall–Kier alpha value is -2.80. The van der Waals surface area contributed by atoms with Crippen LogP contribution in [0.5, 0.6) is 11.5 Å². The van der Waals surface area contributed by atoms with Crippen molar-refractivity contribution in [2.24, 2.45) is 11.3 Å². The molecule has 2 atom stereocenters. The zero-order valence-electron chi connectivity index (χ0n) is 18.2. The molecule has 7 nitrogen and oxygen atoms in total. The number of allylic oxidation sites excluding steroid dienone is 3. The molecule has 3 heterocycles. The highest BCUT2D eigenvalue weighted by atomic mass is 16.7. The molecule has 1 aromatic carbocycles. The van der Waals surface area contributed by atoms with E-state index in [1.54, 1.807) is 0 Å². The Labute approximate surface area is 182 Å². The number of hydrogen-bond acceptors (Lipinski definition) is 6. The minimum Gasteiger partial charge on any atom is -0.454 e. The molecular formula is C24H28N2O5. The molecule has 1 aromatic rings. The number of benzene rings is 1. The molecule has 1 saturated heterocycles. The third-order valence-electron chi connectivity index (χ3n) is 6.52. The molecule has 0 aromatic heterocycles. The lowest BCUT2D eigenvalue weighted by molar-refractivity contribution is -0.132. The van der Waals surface area contributed by atoms with Crippen LogP contribution in [0.4, 0.5) is 0 Å². The summed E-state index contributed by atoms with van der Waals surface area (Å²) in [5.74, 6) is 0.662. The van der Waals surface area contributed by atoms with Crippen LogP contribution < -0.4 is 14.8 Å². The summed E-state index contributed by atoms with van der Waals surface area (Å²) in [7, 11) is 0. The van der Waals surface area contributed by atoms with Crippen LogP contribution in [0.15, 0.2) is 41.2 Å². The van der Waals surface area contributed by atoms with E-state index in [4.69, 9.17) is 14.2 Å². The van der Waals surface area contributed by atoms with Gasteiger partial charge >= 0.3 is 0 Å². The van der Waals surface area contributed by atoms with Gasteiger partial charge in [-0.25, -0.2) is 0 Å². The van der Waals surface area contributed by atoms with Crippen LogP contribution in [0, 0.1) is 11.3 Å². The van der Waals surface area contributed by atoms with Crippen molar-refractivity contribution in [2.75, 3.05) is 33.1 Å². The normalized spacial score (nSPS) is 26.9. The van der Waals surface area contributed by atoms with Crippen LogP contribution in [0.3, 0.4) is 0 Å². The van der Waals surface area contributed by atoms with E-state index in [1.807, 2.05) is 30.0 Å². The molecular weight excluding hydrogens is 396 g/mol. The Morgan fingerprint density at radius 3 is 2.65 bits per heavy atom. The Balaban J connectivity index is 1.64. The molecule has 3 aliphatic heterocycles. The summed E-state index contributed by atoms with van der Waals surface area (Å²) >= 11 is 0. The quantitative estimate of drug-likeness (QED) is 0.787. The number of morpholine rings is 1. The standard InChI is InChI=1S/C24H28N2O5/c1-14-20(23(28)26-6-8-29-9-7-26)21(15-4-5-18-19(10-15)31-13-30-18)22-16(25-14)11-24(2,3)12-17(22)27/h4-5,10-11,21-22,25H,6-9,12-13H2,1-3H3. The number of carbonyl (C=O) groups is 2. The first-order valence-electron chi connectivity index (χ1n) is 10.8. The average Bonchev–Trinajstić information content (AvgIpc) is 3.20. The van der Waals surface area contributed by atoms with Gasteiger partial charge in [-0.1, -0.05) is 26.0 Å². The van der Waals surface area contributed by atoms with Gasteiger partial charge in [0.05, 0.1) is 19.1 Å². The van der Waals surface area contributed by atoms with Crippen LogP contribution in [0.2, 0.25) is 0 Å². The molecule has 31 heavy (non-hydrogen) atoms. The summed E-state index contributed by atoms with van der Waals surface area (Å²) in [6.07, 6.45) is 2.60. The molecule has 1 amide bonds. The number of Topliss-reactive ketones (excluding diaryl/α,β-unsaturated/α-hetero) is 1. The summed E-state index contributed by atoms with van der Waals surface area (Å²) in [6.45, 7) is 8.41. The zero-order chi connectivity index (χ0) is 21.8. The second-order valence-corrected chi connectivity index (χ2v) is 9.37. The van der Waals surface area contributed by atoms with E-state index in [1.165, 1.54) is 0 Å². The maximum atomic E-state index is 13.7. The third kappa shape index (κ3) is 3.51. The predicted octanol–water partition coefficient (Wildman–Crippen LogP) is 2.73. The van der Waals surface area contributed by atoms with E-state index in [9.17, 15) is 9.59 Å². The molecule has 1 fully saturated rings. The first-order chi connectivity index (χ1) is 14.8. The number of nitrogens with one attached hydrogen (secondary N) is 1. The lowest BCUT2D eigenvalue weighted by Crippen LogP contribution is -2.48. The minimum atomic E-state index is -0.419. The number of nitrogens with zero attached hydrogens (tertiary/aromatic N) is 1. The van der Waals surface area contributed by atoms with Crippen molar-refractivity contribution in [3.05, 3.63) is 46.8 Å². The fraction of sp³-hybridized carbons (Fsp3) is 0.500. The van der Waals surface area contributed by atoms with Crippen molar-refractivity contribution >= 4 is 11.7 Å². The Bertz CT molecular complexity index is 1000. The Morgan fingerprint density at radius 2 is 1.87 bits per heavy atom. The lowest BCUT2D eigenvalue weighted by Gasteiger charge is -2.42. The van der Waals surface area contributed by atoms with Gasteiger partial charge < -0.3 is 24.4 Å². The first kappa shape index (κ1) is 20.1. The highest BCUT2D eigenvalue weighted by Crippen LogP contribution is 2.48. The molecule has 7 heteroatoms. The van der Waals surface area contributed by atoms with E-state index in [-0.39, 0.29) is 29.8 Å². The Morgan fingerprint density at radius 1 is 1.13 bits per heavy atom. The van der Waals surface area contributed by atoms with Crippen molar-refractivity contribution in [1.82, 2.24) is 10.2 Å².